The van der Waals surface area contributed by atoms with Crippen molar-refractivity contribution in [2.75, 3.05) is 0 Å². The van der Waals surface area contributed by atoms with Gasteiger partial charge in [0.05, 0.1) is 0 Å². The summed E-state index contributed by atoms with van der Waals surface area (Å²) in [5, 5.41) is 2.67. The van der Waals surface area contributed by atoms with E-state index in [0.717, 1.165) is 11.8 Å². The Morgan fingerprint density at radius 2 is 1.25 bits per heavy atom. The molecule has 4 rings (SSSR count). The van der Waals surface area contributed by atoms with E-state index in [2.05, 4.69) is 54.6 Å². The maximum absolute atomic E-state index is 10.8. The van der Waals surface area contributed by atoms with E-state index in [-0.39, 0.29) is 0 Å². The van der Waals surface area contributed by atoms with Gasteiger partial charge in [0.15, 0.2) is 0 Å². The van der Waals surface area contributed by atoms with Crippen molar-refractivity contribution in [3.63, 3.8) is 0 Å². The Kier molecular flexibility index (Phi) is 4.17. The number of hydrogen-bond donors (Lipinski definition) is 0. The Labute approximate surface area is 143 Å². The van der Waals surface area contributed by atoms with E-state index >= 15 is 0 Å². The summed E-state index contributed by atoms with van der Waals surface area (Å²) in [6.07, 6.45) is 5.88. The van der Waals surface area contributed by atoms with Gasteiger partial charge in [-0.05, 0) is 59.4 Å². The minimum Gasteiger partial charge on any atom is -0.298 e. The van der Waals surface area contributed by atoms with E-state index in [9.17, 15) is 4.79 Å². The lowest BCUT2D eigenvalue weighted by Gasteiger charge is -2.29. The normalized spacial score (nSPS) is 20.8. The highest BCUT2D eigenvalue weighted by Gasteiger charge is 2.23. The second kappa shape index (κ2) is 6.60. The van der Waals surface area contributed by atoms with Crippen LogP contribution in [0, 0.1) is 0 Å². The maximum Gasteiger partial charge on any atom is 0.150 e. The van der Waals surface area contributed by atoms with Crippen molar-refractivity contribution in [2.45, 2.75) is 37.5 Å². The van der Waals surface area contributed by atoms with Crippen molar-refractivity contribution in [1.82, 2.24) is 0 Å². The number of benzene rings is 3. The third kappa shape index (κ3) is 2.99. The van der Waals surface area contributed by atoms with Crippen LogP contribution in [0.2, 0.25) is 0 Å². The van der Waals surface area contributed by atoms with Crippen LogP contribution in [0.4, 0.5) is 0 Å². The third-order valence-electron chi connectivity index (χ3n) is 5.52. The summed E-state index contributed by atoms with van der Waals surface area (Å²) in [6, 6.07) is 23.7. The first-order valence-corrected chi connectivity index (χ1v) is 8.87. The van der Waals surface area contributed by atoms with Gasteiger partial charge in [-0.15, -0.1) is 0 Å². The molecule has 0 radical (unpaired) electrons. The molecule has 1 saturated carbocycles. The molecule has 0 atom stereocenters. The zero-order chi connectivity index (χ0) is 16.4. The summed E-state index contributed by atoms with van der Waals surface area (Å²) in [5.74, 6) is 1.32. The van der Waals surface area contributed by atoms with Gasteiger partial charge in [-0.2, -0.15) is 0 Å². The number of carbonyl (C=O) groups excluding carboxylic acids is 1. The molecular weight excluding hydrogens is 292 g/mol. The molecular formula is C23H22O. The molecule has 1 aliphatic rings. The van der Waals surface area contributed by atoms with Crippen LogP contribution in [0.3, 0.4) is 0 Å². The Hall–Kier alpha value is -2.41. The van der Waals surface area contributed by atoms with Crippen LogP contribution < -0.4 is 0 Å². The molecule has 3 aromatic carbocycles. The molecule has 0 aliphatic heterocycles. The zero-order valence-corrected chi connectivity index (χ0v) is 13.8. The predicted octanol–water partition coefficient (Wildman–Crippen LogP) is 6.09. The Bertz CT molecular complexity index is 839. The Morgan fingerprint density at radius 1 is 0.667 bits per heavy atom. The topological polar surface area (TPSA) is 17.1 Å². The van der Waals surface area contributed by atoms with Gasteiger partial charge in [0, 0.05) is 5.56 Å². The summed E-state index contributed by atoms with van der Waals surface area (Å²) in [4.78, 5) is 10.8. The van der Waals surface area contributed by atoms with E-state index in [4.69, 9.17) is 0 Å². The molecule has 1 fully saturated rings. The van der Waals surface area contributed by atoms with Gasteiger partial charge in [-0.25, -0.2) is 0 Å². The molecule has 0 spiro atoms. The van der Waals surface area contributed by atoms with Gasteiger partial charge in [0.2, 0.25) is 0 Å². The first-order chi connectivity index (χ1) is 11.8. The highest BCUT2D eigenvalue weighted by molar-refractivity contribution is 5.83. The Morgan fingerprint density at radius 3 is 1.92 bits per heavy atom. The number of fused-ring (bicyclic) bond motifs is 1. The summed E-state index contributed by atoms with van der Waals surface area (Å²) in [5.41, 5.74) is 3.64. The molecule has 0 amide bonds. The largest absolute Gasteiger partial charge is 0.298 e. The van der Waals surface area contributed by atoms with Crippen LogP contribution >= 0.6 is 0 Å². The molecule has 0 unspecified atom stereocenters. The molecule has 120 valence electrons. The first kappa shape index (κ1) is 15.1. The zero-order valence-electron chi connectivity index (χ0n) is 13.8. The fraction of sp³-hybridized carbons (Fsp3) is 0.261. The van der Waals surface area contributed by atoms with E-state index in [1.807, 2.05) is 12.1 Å². The summed E-state index contributed by atoms with van der Waals surface area (Å²) >= 11 is 0. The van der Waals surface area contributed by atoms with Crippen molar-refractivity contribution >= 4 is 17.1 Å². The minimum atomic E-state index is 0.641. The quantitative estimate of drug-likeness (QED) is 0.534. The monoisotopic (exact) mass is 314 g/mol. The molecule has 3 aromatic rings. The van der Waals surface area contributed by atoms with Crippen LogP contribution in [-0.2, 0) is 0 Å². The molecule has 0 saturated heterocycles. The lowest BCUT2D eigenvalue weighted by atomic mass is 9.76. The highest BCUT2D eigenvalue weighted by atomic mass is 16.1. The van der Waals surface area contributed by atoms with Gasteiger partial charge in [0.25, 0.3) is 0 Å². The highest BCUT2D eigenvalue weighted by Crippen LogP contribution is 2.41. The maximum atomic E-state index is 10.8. The number of rotatable bonds is 3. The first-order valence-electron chi connectivity index (χ1n) is 8.87. The Balaban J connectivity index is 1.47. The minimum absolute atomic E-state index is 0.641. The van der Waals surface area contributed by atoms with Crippen LogP contribution in [0.15, 0.2) is 66.7 Å². The SMILES string of the molecule is O=Cc1ccc(C2CCC(c3ccc4ccccc4c3)CC2)cc1. The fourth-order valence-corrected chi connectivity index (χ4v) is 4.07. The predicted molar refractivity (Wildman–Crippen MR) is 99.7 cm³/mol. The molecule has 0 aromatic heterocycles. The van der Waals surface area contributed by atoms with Gasteiger partial charge in [0.1, 0.15) is 6.29 Å². The molecule has 0 N–H and O–H groups in total. The average molecular weight is 314 g/mol. The van der Waals surface area contributed by atoms with Crippen LogP contribution in [0.5, 0.6) is 0 Å². The number of aldehydes is 1. The second-order valence-corrected chi connectivity index (χ2v) is 6.94. The second-order valence-electron chi connectivity index (χ2n) is 6.94. The van der Waals surface area contributed by atoms with E-state index in [0.29, 0.717) is 11.8 Å². The van der Waals surface area contributed by atoms with E-state index in [1.54, 1.807) is 0 Å². The number of hydrogen-bond acceptors (Lipinski definition) is 1. The van der Waals surface area contributed by atoms with E-state index < -0.39 is 0 Å². The number of carbonyl (C=O) groups is 1. The van der Waals surface area contributed by atoms with Crippen molar-refractivity contribution in [3.05, 3.63) is 83.4 Å². The lowest BCUT2D eigenvalue weighted by molar-refractivity contribution is 0.112. The van der Waals surface area contributed by atoms with Crippen molar-refractivity contribution < 1.29 is 4.79 Å². The van der Waals surface area contributed by atoms with Crippen molar-refractivity contribution in [3.8, 4) is 0 Å². The van der Waals surface area contributed by atoms with Crippen molar-refractivity contribution in [2.24, 2.45) is 0 Å². The molecule has 1 aliphatic carbocycles. The van der Waals surface area contributed by atoms with E-state index in [1.165, 1.54) is 47.6 Å². The average Bonchev–Trinajstić information content (AvgIpc) is 2.68. The molecule has 1 heteroatoms. The van der Waals surface area contributed by atoms with Gasteiger partial charge in [-0.3, -0.25) is 4.79 Å². The van der Waals surface area contributed by atoms with Crippen LogP contribution in [0.25, 0.3) is 10.8 Å². The molecule has 24 heavy (non-hydrogen) atoms. The molecule has 0 bridgehead atoms. The standard InChI is InChI=1S/C23H22O/c24-16-17-5-7-19(8-6-17)20-9-11-21(12-10-20)23-14-13-18-3-1-2-4-22(18)15-23/h1-8,13-16,20-21H,9-12H2. The smallest absolute Gasteiger partial charge is 0.150 e. The molecule has 0 heterocycles. The molecule has 1 nitrogen and oxygen atoms in total. The summed E-state index contributed by atoms with van der Waals surface area (Å²) in [6.45, 7) is 0. The summed E-state index contributed by atoms with van der Waals surface area (Å²) in [7, 11) is 0. The van der Waals surface area contributed by atoms with Gasteiger partial charge >= 0.3 is 0 Å². The van der Waals surface area contributed by atoms with Crippen LogP contribution in [-0.4, -0.2) is 6.29 Å². The third-order valence-corrected chi connectivity index (χ3v) is 5.52. The summed E-state index contributed by atoms with van der Waals surface area (Å²) < 4.78 is 0. The van der Waals surface area contributed by atoms with Crippen LogP contribution in [0.1, 0.15) is 59.0 Å². The fourth-order valence-electron chi connectivity index (χ4n) is 4.07. The van der Waals surface area contributed by atoms with Gasteiger partial charge < -0.3 is 0 Å². The van der Waals surface area contributed by atoms with Crippen molar-refractivity contribution in [1.29, 1.82) is 0 Å². The van der Waals surface area contributed by atoms with Gasteiger partial charge in [-0.1, -0.05) is 66.7 Å². The lowest BCUT2D eigenvalue weighted by Crippen LogP contribution is -2.12.